The molecular formula is C25H31NO4. The maximum absolute atomic E-state index is 12.7. The number of carbonyl (C=O) groups is 1. The first-order chi connectivity index (χ1) is 14.4. The molecule has 0 radical (unpaired) electrons. The summed E-state index contributed by atoms with van der Waals surface area (Å²) in [6.45, 7) is 4.99. The Morgan fingerprint density at radius 1 is 1.17 bits per heavy atom. The van der Waals surface area contributed by atoms with Gasteiger partial charge in [-0.1, -0.05) is 18.2 Å². The Bertz CT molecular complexity index is 879. The predicted octanol–water partition coefficient (Wildman–Crippen LogP) is 3.76. The molecule has 0 bridgehead atoms. The molecule has 1 heterocycles. The summed E-state index contributed by atoms with van der Waals surface area (Å²) in [5.74, 6) is 0.707. The normalized spacial score (nSPS) is 21.2. The van der Waals surface area contributed by atoms with E-state index in [0.29, 0.717) is 12.2 Å². The van der Waals surface area contributed by atoms with Gasteiger partial charge in [-0.05, 0) is 86.9 Å². The molecule has 0 spiro atoms. The van der Waals surface area contributed by atoms with Gasteiger partial charge in [-0.2, -0.15) is 0 Å². The van der Waals surface area contributed by atoms with E-state index >= 15 is 0 Å². The number of rotatable bonds is 6. The Kier molecular flexibility index (Phi) is 6.11. The molecular weight excluding hydrogens is 378 g/mol. The van der Waals surface area contributed by atoms with Gasteiger partial charge in [0.2, 0.25) is 0 Å². The first-order valence-corrected chi connectivity index (χ1v) is 10.9. The minimum Gasteiger partial charge on any atom is -0.491 e. The van der Waals surface area contributed by atoms with Crippen molar-refractivity contribution in [2.75, 3.05) is 13.2 Å². The summed E-state index contributed by atoms with van der Waals surface area (Å²) in [6, 6.07) is 13.6. The topological polar surface area (TPSA) is 67.8 Å². The van der Waals surface area contributed by atoms with Crippen molar-refractivity contribution in [2.24, 2.45) is 0 Å². The molecule has 30 heavy (non-hydrogen) atoms. The van der Waals surface area contributed by atoms with Crippen LogP contribution in [0.5, 0.6) is 5.75 Å². The highest BCUT2D eigenvalue weighted by molar-refractivity contribution is 5.94. The average molecular weight is 410 g/mol. The molecule has 2 aliphatic rings. The van der Waals surface area contributed by atoms with Gasteiger partial charge in [-0.15, -0.1) is 0 Å². The van der Waals surface area contributed by atoms with Crippen LogP contribution in [0, 0.1) is 0 Å². The zero-order chi connectivity index (χ0) is 21.1. The molecule has 2 N–H and O–H groups in total. The summed E-state index contributed by atoms with van der Waals surface area (Å²) >= 11 is 0. The third-order valence-electron chi connectivity index (χ3n) is 6.05. The second-order valence-corrected chi connectivity index (χ2v) is 8.93. The highest BCUT2D eigenvalue weighted by Crippen LogP contribution is 2.27. The molecule has 4 rings (SSSR count). The van der Waals surface area contributed by atoms with Crippen molar-refractivity contribution in [1.82, 2.24) is 5.32 Å². The molecule has 1 saturated heterocycles. The fourth-order valence-electron chi connectivity index (χ4n) is 4.20. The third-order valence-corrected chi connectivity index (χ3v) is 6.05. The van der Waals surface area contributed by atoms with E-state index in [-0.39, 0.29) is 18.1 Å². The fraction of sp³-hybridized carbons (Fsp3) is 0.480. The highest BCUT2D eigenvalue weighted by atomic mass is 16.5. The number of hydrogen-bond donors (Lipinski definition) is 2. The third kappa shape index (κ3) is 5.02. The lowest BCUT2D eigenvalue weighted by atomic mass is 9.85. The summed E-state index contributed by atoms with van der Waals surface area (Å²) in [7, 11) is 0. The molecule has 2 unspecified atom stereocenters. The van der Waals surface area contributed by atoms with E-state index in [9.17, 15) is 9.90 Å². The Morgan fingerprint density at radius 3 is 2.67 bits per heavy atom. The van der Waals surface area contributed by atoms with Crippen molar-refractivity contribution in [2.45, 2.75) is 63.7 Å². The summed E-state index contributed by atoms with van der Waals surface area (Å²) in [4.78, 5) is 12.7. The van der Waals surface area contributed by atoms with E-state index in [1.54, 1.807) is 13.8 Å². The number of aryl methyl sites for hydroxylation is 1. The van der Waals surface area contributed by atoms with Gasteiger partial charge in [0.25, 0.3) is 5.91 Å². The van der Waals surface area contributed by atoms with Crippen LogP contribution in [0.3, 0.4) is 0 Å². The van der Waals surface area contributed by atoms with Crippen LogP contribution in [0.1, 0.15) is 60.2 Å². The smallest absolute Gasteiger partial charge is 0.251 e. The van der Waals surface area contributed by atoms with Gasteiger partial charge in [0.1, 0.15) is 12.4 Å². The van der Waals surface area contributed by atoms with Crippen LogP contribution in [0.4, 0.5) is 0 Å². The van der Waals surface area contributed by atoms with Crippen molar-refractivity contribution in [1.29, 1.82) is 0 Å². The van der Waals surface area contributed by atoms with Crippen LogP contribution in [-0.2, 0) is 23.2 Å². The fourth-order valence-corrected chi connectivity index (χ4v) is 4.20. The van der Waals surface area contributed by atoms with E-state index in [2.05, 4.69) is 17.4 Å². The number of fused-ring (bicyclic) bond motifs is 1. The monoisotopic (exact) mass is 409 g/mol. The number of carbonyl (C=O) groups excluding carboxylic acids is 1. The first kappa shape index (κ1) is 20.9. The number of ether oxygens (including phenoxy) is 2. The van der Waals surface area contributed by atoms with Crippen molar-refractivity contribution < 1.29 is 19.4 Å². The van der Waals surface area contributed by atoms with Gasteiger partial charge in [0, 0.05) is 18.2 Å². The minimum atomic E-state index is -0.833. The molecule has 0 aromatic heterocycles. The largest absolute Gasteiger partial charge is 0.491 e. The summed E-state index contributed by atoms with van der Waals surface area (Å²) in [5.41, 5.74) is 3.26. The van der Waals surface area contributed by atoms with E-state index in [0.717, 1.165) is 50.0 Å². The molecule has 0 saturated carbocycles. The molecule has 2 aromatic carbocycles. The molecule has 5 nitrogen and oxygen atoms in total. The van der Waals surface area contributed by atoms with E-state index in [4.69, 9.17) is 9.47 Å². The van der Waals surface area contributed by atoms with E-state index < -0.39 is 5.60 Å². The van der Waals surface area contributed by atoms with Gasteiger partial charge in [-0.3, -0.25) is 4.79 Å². The van der Waals surface area contributed by atoms with Gasteiger partial charge in [0.15, 0.2) is 0 Å². The van der Waals surface area contributed by atoms with Gasteiger partial charge in [-0.25, -0.2) is 0 Å². The van der Waals surface area contributed by atoms with Crippen LogP contribution < -0.4 is 10.1 Å². The number of amides is 1. The van der Waals surface area contributed by atoms with E-state index in [1.165, 1.54) is 11.1 Å². The van der Waals surface area contributed by atoms with Gasteiger partial charge in [0.05, 0.1) is 11.7 Å². The Morgan fingerprint density at radius 2 is 1.97 bits per heavy atom. The standard InChI is InChI=1S/C25H31NO4/c1-25(2,28)20-9-5-19-15-21(10-6-18(19)14-20)26-24(27)17-7-11-22(12-8-17)30-16-23-4-3-13-29-23/h5,7-9,11-12,14,21,23,28H,3-4,6,10,13,15-16H2,1-2H3,(H,26,27). The zero-order valence-corrected chi connectivity index (χ0v) is 17.8. The Balaban J connectivity index is 1.32. The SMILES string of the molecule is CC(C)(O)c1ccc2c(c1)CCC(NC(=O)c1ccc(OCC3CCCO3)cc1)C2. The summed E-state index contributed by atoms with van der Waals surface area (Å²) in [6.07, 6.45) is 4.94. The second kappa shape index (κ2) is 8.78. The van der Waals surface area contributed by atoms with Gasteiger partial charge < -0.3 is 19.9 Å². The predicted molar refractivity (Wildman–Crippen MR) is 116 cm³/mol. The van der Waals surface area contributed by atoms with Gasteiger partial charge >= 0.3 is 0 Å². The van der Waals surface area contributed by atoms with Crippen molar-refractivity contribution in [3.8, 4) is 5.75 Å². The van der Waals surface area contributed by atoms with Crippen LogP contribution in [-0.4, -0.2) is 36.4 Å². The van der Waals surface area contributed by atoms with Crippen LogP contribution in [0.25, 0.3) is 0 Å². The lowest BCUT2D eigenvalue weighted by Crippen LogP contribution is -2.39. The number of hydrogen-bond acceptors (Lipinski definition) is 4. The summed E-state index contributed by atoms with van der Waals surface area (Å²) in [5, 5.41) is 13.4. The van der Waals surface area contributed by atoms with Crippen LogP contribution in [0.2, 0.25) is 0 Å². The van der Waals surface area contributed by atoms with Crippen LogP contribution in [0.15, 0.2) is 42.5 Å². The lowest BCUT2D eigenvalue weighted by Gasteiger charge is -2.27. The average Bonchev–Trinajstić information content (AvgIpc) is 3.25. The zero-order valence-electron chi connectivity index (χ0n) is 17.8. The van der Waals surface area contributed by atoms with Crippen LogP contribution >= 0.6 is 0 Å². The maximum atomic E-state index is 12.7. The number of benzene rings is 2. The Labute approximate surface area is 178 Å². The molecule has 160 valence electrons. The summed E-state index contributed by atoms with van der Waals surface area (Å²) < 4.78 is 11.3. The van der Waals surface area contributed by atoms with Crippen molar-refractivity contribution in [3.63, 3.8) is 0 Å². The molecule has 1 aliphatic heterocycles. The number of nitrogens with one attached hydrogen (secondary N) is 1. The molecule has 5 heteroatoms. The minimum absolute atomic E-state index is 0.0535. The molecule has 1 fully saturated rings. The van der Waals surface area contributed by atoms with Crippen molar-refractivity contribution >= 4 is 5.91 Å². The molecule has 2 aromatic rings. The lowest BCUT2D eigenvalue weighted by molar-refractivity contribution is 0.0679. The molecule has 1 aliphatic carbocycles. The second-order valence-electron chi connectivity index (χ2n) is 8.93. The van der Waals surface area contributed by atoms with E-state index in [1.807, 2.05) is 30.3 Å². The highest BCUT2D eigenvalue weighted by Gasteiger charge is 2.23. The number of aliphatic hydroxyl groups is 1. The van der Waals surface area contributed by atoms with Crippen molar-refractivity contribution in [3.05, 3.63) is 64.7 Å². The quantitative estimate of drug-likeness (QED) is 0.762. The molecule has 2 atom stereocenters. The first-order valence-electron chi connectivity index (χ1n) is 10.9. The maximum Gasteiger partial charge on any atom is 0.251 e. The molecule has 1 amide bonds. The Hall–Kier alpha value is -2.37.